The van der Waals surface area contributed by atoms with E-state index < -0.39 is 6.10 Å². The normalized spacial score (nSPS) is 12.1. The highest BCUT2D eigenvalue weighted by molar-refractivity contribution is 5.56. The molecule has 0 saturated carbocycles. The van der Waals surface area contributed by atoms with Gasteiger partial charge in [0.1, 0.15) is 6.33 Å². The van der Waals surface area contributed by atoms with Crippen molar-refractivity contribution in [3.05, 3.63) is 36.2 Å². The topological polar surface area (TPSA) is 74.7 Å². The Morgan fingerprint density at radius 3 is 2.72 bits per heavy atom. The summed E-state index contributed by atoms with van der Waals surface area (Å²) in [4.78, 5) is 4.19. The average molecular weight is 242 g/mol. The number of nitrogens with zero attached hydrogens (tertiary/aromatic N) is 4. The Bertz CT molecular complexity index is 553. The maximum absolute atomic E-state index is 9.65. The van der Waals surface area contributed by atoms with Crippen molar-refractivity contribution in [2.45, 2.75) is 26.0 Å². The van der Waals surface area contributed by atoms with Gasteiger partial charge in [0.25, 0.3) is 0 Å². The van der Waals surface area contributed by atoms with Gasteiger partial charge in [-0.2, -0.15) is 10.4 Å². The van der Waals surface area contributed by atoms with Gasteiger partial charge >= 0.3 is 0 Å². The third-order valence-electron chi connectivity index (χ3n) is 2.74. The smallest absolute Gasteiger partial charge is 0.158 e. The van der Waals surface area contributed by atoms with Crippen molar-refractivity contribution >= 4 is 0 Å². The van der Waals surface area contributed by atoms with Gasteiger partial charge in [0.2, 0.25) is 0 Å². The lowest BCUT2D eigenvalue weighted by molar-refractivity contribution is 0.146. The number of aliphatic hydroxyl groups excluding tert-OH is 1. The van der Waals surface area contributed by atoms with Crippen LogP contribution in [-0.2, 0) is 6.54 Å². The minimum Gasteiger partial charge on any atom is -0.391 e. The molecule has 0 radical (unpaired) electrons. The molecular formula is C13H14N4O. The van der Waals surface area contributed by atoms with E-state index in [2.05, 4.69) is 16.2 Å². The Labute approximate surface area is 105 Å². The zero-order valence-corrected chi connectivity index (χ0v) is 10.1. The van der Waals surface area contributed by atoms with Gasteiger partial charge in [-0.15, -0.1) is 0 Å². The quantitative estimate of drug-likeness (QED) is 0.883. The minimum absolute atomic E-state index is 0.422. The molecule has 92 valence electrons. The maximum atomic E-state index is 9.65. The van der Waals surface area contributed by atoms with Crippen molar-refractivity contribution in [3.8, 4) is 17.5 Å². The van der Waals surface area contributed by atoms with Crippen molar-refractivity contribution < 1.29 is 5.11 Å². The number of rotatable bonds is 4. The number of nitriles is 1. The molecule has 0 saturated heterocycles. The molecule has 1 unspecified atom stereocenters. The van der Waals surface area contributed by atoms with Gasteiger partial charge in [0, 0.05) is 5.56 Å². The lowest BCUT2D eigenvalue weighted by Crippen LogP contribution is -2.16. The SMILES string of the molecule is CCC(O)Cn1ncnc1-c1ccc(C#N)cc1. The Balaban J connectivity index is 2.27. The second-order valence-electron chi connectivity index (χ2n) is 4.02. The van der Waals surface area contributed by atoms with Crippen molar-refractivity contribution in [1.29, 1.82) is 5.26 Å². The van der Waals surface area contributed by atoms with Gasteiger partial charge in [0.05, 0.1) is 24.3 Å². The monoisotopic (exact) mass is 242 g/mol. The number of benzene rings is 1. The predicted molar refractivity (Wildman–Crippen MR) is 66.5 cm³/mol. The molecule has 18 heavy (non-hydrogen) atoms. The molecule has 1 atom stereocenters. The summed E-state index contributed by atoms with van der Waals surface area (Å²) in [5.41, 5.74) is 1.49. The second-order valence-corrected chi connectivity index (χ2v) is 4.02. The van der Waals surface area contributed by atoms with E-state index in [4.69, 9.17) is 5.26 Å². The van der Waals surface area contributed by atoms with E-state index in [-0.39, 0.29) is 0 Å². The summed E-state index contributed by atoms with van der Waals surface area (Å²) in [6.45, 7) is 2.34. The van der Waals surface area contributed by atoms with Gasteiger partial charge in [-0.05, 0) is 30.7 Å². The van der Waals surface area contributed by atoms with E-state index in [0.29, 0.717) is 24.4 Å². The van der Waals surface area contributed by atoms with Crippen LogP contribution in [0.5, 0.6) is 0 Å². The van der Waals surface area contributed by atoms with Gasteiger partial charge < -0.3 is 5.11 Å². The van der Waals surface area contributed by atoms with Gasteiger partial charge in [-0.25, -0.2) is 9.67 Å². The van der Waals surface area contributed by atoms with Crippen LogP contribution in [0, 0.1) is 11.3 Å². The van der Waals surface area contributed by atoms with E-state index in [0.717, 1.165) is 5.56 Å². The lowest BCUT2D eigenvalue weighted by atomic mass is 10.1. The van der Waals surface area contributed by atoms with Crippen LogP contribution in [0.15, 0.2) is 30.6 Å². The number of aliphatic hydroxyl groups is 1. The Morgan fingerprint density at radius 2 is 2.11 bits per heavy atom. The van der Waals surface area contributed by atoms with E-state index in [9.17, 15) is 5.11 Å². The number of hydrogen-bond donors (Lipinski definition) is 1. The van der Waals surface area contributed by atoms with Crippen molar-refractivity contribution in [2.24, 2.45) is 0 Å². The van der Waals surface area contributed by atoms with E-state index in [1.165, 1.54) is 6.33 Å². The molecule has 0 amide bonds. The summed E-state index contributed by atoms with van der Waals surface area (Å²) in [7, 11) is 0. The third-order valence-corrected chi connectivity index (χ3v) is 2.74. The van der Waals surface area contributed by atoms with Crippen LogP contribution < -0.4 is 0 Å². The lowest BCUT2D eigenvalue weighted by Gasteiger charge is -2.10. The molecule has 1 aromatic carbocycles. The summed E-state index contributed by atoms with van der Waals surface area (Å²) in [6, 6.07) is 9.22. The first-order chi connectivity index (χ1) is 8.74. The highest BCUT2D eigenvalue weighted by Gasteiger charge is 2.10. The third kappa shape index (κ3) is 2.55. The molecule has 0 aliphatic rings. The van der Waals surface area contributed by atoms with E-state index >= 15 is 0 Å². The molecule has 0 fully saturated rings. The fraction of sp³-hybridized carbons (Fsp3) is 0.308. The summed E-state index contributed by atoms with van der Waals surface area (Å²) < 4.78 is 1.68. The van der Waals surface area contributed by atoms with Crippen molar-refractivity contribution in [1.82, 2.24) is 14.8 Å². The van der Waals surface area contributed by atoms with Crippen LogP contribution in [0.1, 0.15) is 18.9 Å². The van der Waals surface area contributed by atoms with E-state index in [1.807, 2.05) is 19.1 Å². The van der Waals surface area contributed by atoms with Crippen LogP contribution >= 0.6 is 0 Å². The van der Waals surface area contributed by atoms with Crippen LogP contribution in [-0.4, -0.2) is 26.0 Å². The van der Waals surface area contributed by atoms with Crippen molar-refractivity contribution in [2.75, 3.05) is 0 Å². The van der Waals surface area contributed by atoms with Gasteiger partial charge in [0.15, 0.2) is 5.82 Å². The zero-order valence-electron chi connectivity index (χ0n) is 10.1. The fourth-order valence-corrected chi connectivity index (χ4v) is 1.64. The summed E-state index contributed by atoms with van der Waals surface area (Å²) >= 11 is 0. The molecule has 5 nitrogen and oxygen atoms in total. The summed E-state index contributed by atoms with van der Waals surface area (Å²) in [5, 5.41) is 22.5. The molecule has 2 rings (SSSR count). The standard InChI is InChI=1S/C13H14N4O/c1-2-12(18)8-17-13(15-9-16-17)11-5-3-10(7-14)4-6-11/h3-6,9,12,18H,2,8H2,1H3. The Morgan fingerprint density at radius 1 is 1.39 bits per heavy atom. The summed E-state index contributed by atoms with van der Waals surface area (Å²) in [5.74, 6) is 0.701. The highest BCUT2D eigenvalue weighted by Crippen LogP contribution is 2.17. The molecule has 0 spiro atoms. The first-order valence-corrected chi connectivity index (χ1v) is 5.81. The number of aromatic nitrogens is 3. The second kappa shape index (κ2) is 5.43. The molecule has 2 aromatic rings. The minimum atomic E-state index is -0.427. The average Bonchev–Trinajstić information content (AvgIpc) is 2.86. The molecule has 0 aliphatic carbocycles. The van der Waals surface area contributed by atoms with Crippen LogP contribution in [0.4, 0.5) is 0 Å². The predicted octanol–water partition coefficient (Wildman–Crippen LogP) is 1.59. The molecule has 0 aliphatic heterocycles. The zero-order chi connectivity index (χ0) is 13.0. The Kier molecular flexibility index (Phi) is 3.70. The fourth-order valence-electron chi connectivity index (χ4n) is 1.64. The molecule has 5 heteroatoms. The first-order valence-electron chi connectivity index (χ1n) is 5.81. The molecular weight excluding hydrogens is 228 g/mol. The Hall–Kier alpha value is -2.19. The largest absolute Gasteiger partial charge is 0.391 e. The van der Waals surface area contributed by atoms with Crippen LogP contribution in [0.2, 0.25) is 0 Å². The summed E-state index contributed by atoms with van der Waals surface area (Å²) in [6.07, 6.45) is 1.71. The van der Waals surface area contributed by atoms with Crippen LogP contribution in [0.3, 0.4) is 0 Å². The molecule has 0 bridgehead atoms. The van der Waals surface area contributed by atoms with Gasteiger partial charge in [-0.3, -0.25) is 0 Å². The van der Waals surface area contributed by atoms with Gasteiger partial charge in [-0.1, -0.05) is 6.92 Å². The molecule has 1 aromatic heterocycles. The molecule has 1 heterocycles. The van der Waals surface area contributed by atoms with Crippen molar-refractivity contribution in [3.63, 3.8) is 0 Å². The molecule has 1 N–H and O–H groups in total. The van der Waals surface area contributed by atoms with Crippen LogP contribution in [0.25, 0.3) is 11.4 Å². The number of hydrogen-bond acceptors (Lipinski definition) is 4. The first kappa shape index (κ1) is 12.3. The maximum Gasteiger partial charge on any atom is 0.158 e. The van der Waals surface area contributed by atoms with E-state index in [1.54, 1.807) is 16.8 Å². The highest BCUT2D eigenvalue weighted by atomic mass is 16.3.